The normalized spacial score (nSPS) is 17.9. The second-order valence-corrected chi connectivity index (χ2v) is 8.98. The maximum atomic E-state index is 12.1. The van der Waals surface area contributed by atoms with E-state index in [9.17, 15) is 4.79 Å². The first-order valence-corrected chi connectivity index (χ1v) is 12.3. The van der Waals surface area contributed by atoms with Crippen LogP contribution in [0.4, 0.5) is 11.6 Å². The number of pyridine rings is 2. The molecule has 184 valence electrons. The van der Waals surface area contributed by atoms with Gasteiger partial charge in [0.05, 0.1) is 13.2 Å². The van der Waals surface area contributed by atoms with Crippen molar-refractivity contribution in [3.8, 4) is 11.1 Å². The van der Waals surface area contributed by atoms with Crippen LogP contribution in [0.5, 0.6) is 0 Å². The first-order valence-electron chi connectivity index (χ1n) is 12.3. The third-order valence-electron chi connectivity index (χ3n) is 6.95. The fourth-order valence-electron chi connectivity index (χ4n) is 5.03. The minimum atomic E-state index is -0.377. The van der Waals surface area contributed by atoms with Gasteiger partial charge in [-0.05, 0) is 24.3 Å². The summed E-state index contributed by atoms with van der Waals surface area (Å²) in [5, 5.41) is 1.03. The molecule has 36 heavy (non-hydrogen) atoms. The van der Waals surface area contributed by atoms with E-state index in [1.165, 1.54) is 0 Å². The zero-order chi connectivity index (χ0) is 24.3. The van der Waals surface area contributed by atoms with Gasteiger partial charge >= 0.3 is 0 Å². The molecule has 0 N–H and O–H groups in total. The van der Waals surface area contributed by atoms with E-state index in [1.54, 1.807) is 6.20 Å². The third kappa shape index (κ3) is 4.29. The van der Waals surface area contributed by atoms with Gasteiger partial charge in [-0.1, -0.05) is 0 Å². The van der Waals surface area contributed by atoms with Gasteiger partial charge in [-0.25, -0.2) is 15.0 Å². The highest BCUT2D eigenvalue weighted by molar-refractivity contribution is 5.78. The van der Waals surface area contributed by atoms with Crippen LogP contribution >= 0.6 is 0 Å². The Labute approximate surface area is 209 Å². The molecule has 4 aromatic heterocycles. The van der Waals surface area contributed by atoms with E-state index in [0.717, 1.165) is 79.4 Å². The van der Waals surface area contributed by atoms with E-state index >= 15 is 0 Å². The van der Waals surface area contributed by atoms with Crippen LogP contribution in [-0.2, 0) is 9.53 Å². The smallest absolute Gasteiger partial charge is 0.225 e. The summed E-state index contributed by atoms with van der Waals surface area (Å²) in [6, 6.07) is 7.97. The summed E-state index contributed by atoms with van der Waals surface area (Å²) in [7, 11) is 0. The van der Waals surface area contributed by atoms with Crippen molar-refractivity contribution < 1.29 is 9.53 Å². The molecule has 0 aliphatic carbocycles. The molecule has 2 aliphatic heterocycles. The average molecular weight is 485 g/mol. The number of hydrogen-bond acceptors (Lipinski definition) is 9. The van der Waals surface area contributed by atoms with Crippen molar-refractivity contribution in [2.45, 2.75) is 6.17 Å². The molecule has 6 heterocycles. The minimum absolute atomic E-state index is 0.377. The van der Waals surface area contributed by atoms with Gasteiger partial charge < -0.3 is 19.1 Å². The Bertz CT molecular complexity index is 1330. The van der Waals surface area contributed by atoms with Crippen molar-refractivity contribution in [3.63, 3.8) is 0 Å². The molecule has 0 radical (unpaired) electrons. The minimum Gasteiger partial charge on any atom is -0.378 e. The molecule has 0 spiro atoms. The Morgan fingerprint density at radius 3 is 2.44 bits per heavy atom. The van der Waals surface area contributed by atoms with Crippen LogP contribution in [0.2, 0.25) is 0 Å². The average Bonchev–Trinajstić information content (AvgIpc) is 3.38. The Kier molecular flexibility index (Phi) is 6.27. The van der Waals surface area contributed by atoms with Crippen LogP contribution in [0.15, 0.2) is 61.4 Å². The van der Waals surface area contributed by atoms with Crippen LogP contribution in [0, 0.1) is 0 Å². The number of carbonyl (C=O) groups is 1. The largest absolute Gasteiger partial charge is 0.378 e. The standard InChI is InChI=1S/C26H28N8O2/c35-19-24(34-7-4-20-2-1-5-28-25(20)34)32-10-8-31(9-11-32)23-3-6-27-18-22(23)21-16-29-26(30-17-21)33-12-14-36-15-13-33/h1-7,16-19,24H,8-15H2. The first-order chi connectivity index (χ1) is 17.8. The number of anilines is 2. The van der Waals surface area contributed by atoms with Gasteiger partial charge in [-0.2, -0.15) is 0 Å². The number of nitrogens with zero attached hydrogens (tertiary/aromatic N) is 8. The lowest BCUT2D eigenvalue weighted by Gasteiger charge is -2.39. The molecule has 6 rings (SSSR count). The monoisotopic (exact) mass is 484 g/mol. The molecule has 0 bridgehead atoms. The van der Waals surface area contributed by atoms with Crippen molar-refractivity contribution >= 4 is 29.0 Å². The van der Waals surface area contributed by atoms with E-state index in [-0.39, 0.29) is 6.17 Å². The zero-order valence-electron chi connectivity index (χ0n) is 20.0. The highest BCUT2D eigenvalue weighted by atomic mass is 16.5. The summed E-state index contributed by atoms with van der Waals surface area (Å²) < 4.78 is 7.39. The van der Waals surface area contributed by atoms with Crippen LogP contribution in [-0.4, -0.2) is 88.2 Å². The predicted octanol–water partition coefficient (Wildman–Crippen LogP) is 2.24. The lowest BCUT2D eigenvalue weighted by atomic mass is 10.1. The molecule has 2 saturated heterocycles. The predicted molar refractivity (Wildman–Crippen MR) is 137 cm³/mol. The van der Waals surface area contributed by atoms with Gasteiger partial charge in [-0.15, -0.1) is 0 Å². The van der Waals surface area contributed by atoms with Crippen molar-refractivity contribution in [2.75, 3.05) is 62.3 Å². The molecular weight excluding hydrogens is 456 g/mol. The van der Waals surface area contributed by atoms with Crippen LogP contribution in [0.1, 0.15) is 6.17 Å². The SMILES string of the molecule is O=CC(N1CCN(c2ccncc2-c2cnc(N3CCOCC3)nc2)CC1)n1ccc2cccnc21. The van der Waals surface area contributed by atoms with Crippen molar-refractivity contribution in [1.82, 2.24) is 29.4 Å². The molecule has 2 fully saturated rings. The number of aromatic nitrogens is 5. The van der Waals surface area contributed by atoms with Crippen LogP contribution < -0.4 is 9.80 Å². The van der Waals surface area contributed by atoms with E-state index in [2.05, 4.69) is 34.6 Å². The first kappa shape index (κ1) is 22.6. The summed E-state index contributed by atoms with van der Waals surface area (Å²) >= 11 is 0. The lowest BCUT2D eigenvalue weighted by Crippen LogP contribution is -2.49. The van der Waals surface area contributed by atoms with Crippen LogP contribution in [0.25, 0.3) is 22.2 Å². The number of fused-ring (bicyclic) bond motifs is 1. The topological polar surface area (TPSA) is 92.5 Å². The van der Waals surface area contributed by atoms with Gasteiger partial charge in [-0.3, -0.25) is 14.7 Å². The summed E-state index contributed by atoms with van der Waals surface area (Å²) in [4.78, 5) is 36.9. The zero-order valence-corrected chi connectivity index (χ0v) is 20.0. The van der Waals surface area contributed by atoms with E-state index in [4.69, 9.17) is 4.74 Å². The summed E-state index contributed by atoms with van der Waals surface area (Å²) in [5.41, 5.74) is 3.87. The fraction of sp³-hybridized carbons (Fsp3) is 0.346. The second-order valence-electron chi connectivity index (χ2n) is 8.98. The van der Waals surface area contributed by atoms with Crippen molar-refractivity contribution in [2.24, 2.45) is 0 Å². The summed E-state index contributed by atoms with van der Waals surface area (Å²) in [6.45, 7) is 6.10. The number of carbonyl (C=O) groups excluding carboxylic acids is 1. The number of piperazine rings is 1. The molecule has 0 amide bonds. The number of ether oxygens (including phenoxy) is 1. The van der Waals surface area contributed by atoms with Gasteiger partial charge in [0, 0.05) is 98.7 Å². The van der Waals surface area contributed by atoms with E-state index in [0.29, 0.717) is 13.2 Å². The van der Waals surface area contributed by atoms with Gasteiger partial charge in [0.1, 0.15) is 11.8 Å². The van der Waals surface area contributed by atoms with Gasteiger partial charge in [0.2, 0.25) is 5.95 Å². The quantitative estimate of drug-likeness (QED) is 0.382. The van der Waals surface area contributed by atoms with E-state index in [1.807, 2.05) is 59.8 Å². The van der Waals surface area contributed by atoms with Gasteiger partial charge in [0.25, 0.3) is 0 Å². The molecule has 10 heteroatoms. The fourth-order valence-corrected chi connectivity index (χ4v) is 5.03. The third-order valence-corrected chi connectivity index (χ3v) is 6.95. The van der Waals surface area contributed by atoms with Crippen LogP contribution in [0.3, 0.4) is 0 Å². The van der Waals surface area contributed by atoms with E-state index < -0.39 is 0 Å². The Morgan fingerprint density at radius 2 is 1.67 bits per heavy atom. The number of hydrogen-bond donors (Lipinski definition) is 0. The molecule has 1 unspecified atom stereocenters. The molecule has 0 saturated carbocycles. The number of aldehydes is 1. The molecule has 0 aromatic carbocycles. The Morgan fingerprint density at radius 1 is 0.861 bits per heavy atom. The maximum absolute atomic E-state index is 12.1. The second kappa shape index (κ2) is 10.00. The summed E-state index contributed by atoms with van der Waals surface area (Å²) in [6.07, 6.45) is 11.8. The highest BCUT2D eigenvalue weighted by Crippen LogP contribution is 2.31. The molecule has 4 aromatic rings. The number of rotatable bonds is 6. The molecule has 2 aliphatic rings. The van der Waals surface area contributed by atoms with Crippen molar-refractivity contribution in [1.29, 1.82) is 0 Å². The Balaban J connectivity index is 1.18. The molecule has 1 atom stereocenters. The summed E-state index contributed by atoms with van der Waals surface area (Å²) in [5.74, 6) is 0.730. The lowest BCUT2D eigenvalue weighted by molar-refractivity contribution is -0.115. The Hall–Kier alpha value is -3.89. The molecule has 10 nitrogen and oxygen atoms in total. The van der Waals surface area contributed by atoms with Gasteiger partial charge in [0.15, 0.2) is 6.29 Å². The molecular formula is C26H28N8O2. The number of morpholine rings is 1. The van der Waals surface area contributed by atoms with Crippen molar-refractivity contribution in [3.05, 3.63) is 61.4 Å². The highest BCUT2D eigenvalue weighted by Gasteiger charge is 2.27. The maximum Gasteiger partial charge on any atom is 0.225 e.